The van der Waals surface area contributed by atoms with E-state index >= 15 is 0 Å². The maximum absolute atomic E-state index is 11.5. The van der Waals surface area contributed by atoms with Crippen molar-refractivity contribution in [1.29, 1.82) is 0 Å². The summed E-state index contributed by atoms with van der Waals surface area (Å²) in [6.07, 6.45) is 1.66. The number of nitrogens with zero attached hydrogens (tertiary/aromatic N) is 3. The van der Waals surface area contributed by atoms with Crippen LogP contribution in [0.1, 0.15) is 117 Å². The van der Waals surface area contributed by atoms with Crippen molar-refractivity contribution in [2.45, 2.75) is 105 Å². The first-order valence-corrected chi connectivity index (χ1v) is 21.1. The second-order valence-corrected chi connectivity index (χ2v) is 19.5. The van der Waals surface area contributed by atoms with Crippen molar-refractivity contribution >= 4 is 11.0 Å². The molecule has 0 unspecified atom stereocenters. The molecule has 0 saturated carbocycles. The van der Waals surface area contributed by atoms with Crippen LogP contribution in [0.15, 0.2) is 140 Å². The summed E-state index contributed by atoms with van der Waals surface area (Å²) >= 11 is 0. The van der Waals surface area contributed by atoms with Crippen LogP contribution < -0.4 is 0 Å². The normalized spacial score (nSPS) is 15.1. The summed E-state index contributed by atoms with van der Waals surface area (Å²) in [5, 5.41) is 11.5. The quantitative estimate of drug-likeness (QED) is 0.169. The van der Waals surface area contributed by atoms with Gasteiger partial charge in [-0.3, -0.25) is 9.55 Å². The summed E-state index contributed by atoms with van der Waals surface area (Å²) in [6.45, 7) is 9.58. The topological polar surface area (TPSA) is 50.9 Å². The number of hydrogen-bond donors (Lipinski definition) is 1. The van der Waals surface area contributed by atoms with E-state index in [0.29, 0.717) is 39.3 Å². The van der Waals surface area contributed by atoms with Crippen LogP contribution in [0, 0.1) is 6.07 Å². The van der Waals surface area contributed by atoms with E-state index in [9.17, 15) is 5.11 Å². The van der Waals surface area contributed by atoms with E-state index in [0.717, 1.165) is 39.0 Å². The van der Waals surface area contributed by atoms with Crippen molar-refractivity contribution in [3.05, 3.63) is 168 Å². The Balaban J connectivity index is 0.00000760. The van der Waals surface area contributed by atoms with E-state index in [1.54, 1.807) is 36.5 Å². The number of benzene rings is 6. The Morgan fingerprint density at radius 2 is 1.11 bits per heavy atom. The predicted octanol–water partition coefficient (Wildman–Crippen LogP) is 15.4. The van der Waals surface area contributed by atoms with Crippen LogP contribution in [-0.4, -0.2) is 19.6 Å². The standard InChI is InChI=1S/C58H60N3O.Pt/c1-55(2,3)42-24-20-37(21-25-42)39-30-31-59-49(35-39)41-32-40(33-45(34-41)58(10,11)12)46-17-15-18-51-53(46)60-54(47-16-13-14-19-52(47)62)61(51)50-29-28-44(57(7,8)9)36-48(50)38-22-26-43(27-23-38)56(4,5)6;/h13-31,33-36,62H,1-12H3;/q-1;/i1D3,2D3,3D3;. The third-order valence-corrected chi connectivity index (χ3v) is 11.7. The number of rotatable bonds is 6. The maximum Gasteiger partial charge on any atom is 0.148 e. The zero-order chi connectivity index (χ0) is 51.9. The van der Waals surface area contributed by atoms with Crippen LogP contribution >= 0.6 is 0 Å². The van der Waals surface area contributed by atoms with Gasteiger partial charge in [0.05, 0.1) is 22.3 Å². The van der Waals surface area contributed by atoms with Gasteiger partial charge in [-0.1, -0.05) is 179 Å². The molecule has 324 valence electrons. The molecular formula is C58H60N3OPt-. The van der Waals surface area contributed by atoms with Crippen molar-refractivity contribution in [2.75, 3.05) is 0 Å². The molecule has 0 atom stereocenters. The molecule has 2 heterocycles. The number of hydrogen-bond acceptors (Lipinski definition) is 3. The molecule has 0 radical (unpaired) electrons. The zero-order valence-electron chi connectivity index (χ0n) is 46.4. The second kappa shape index (κ2) is 16.9. The molecule has 0 aliphatic rings. The third-order valence-electron chi connectivity index (χ3n) is 11.7. The molecule has 63 heavy (non-hydrogen) atoms. The van der Waals surface area contributed by atoms with Crippen LogP contribution in [0.5, 0.6) is 5.75 Å². The first-order valence-electron chi connectivity index (χ1n) is 25.6. The van der Waals surface area contributed by atoms with Crippen LogP contribution in [0.2, 0.25) is 0 Å². The molecule has 6 aromatic carbocycles. The molecule has 5 heteroatoms. The monoisotopic (exact) mass is 1020 g/mol. The summed E-state index contributed by atoms with van der Waals surface area (Å²) in [4.78, 5) is 10.2. The van der Waals surface area contributed by atoms with Gasteiger partial charge in [-0.05, 0) is 91.4 Å². The Morgan fingerprint density at radius 3 is 1.75 bits per heavy atom. The Labute approximate surface area is 402 Å². The summed E-state index contributed by atoms with van der Waals surface area (Å²) in [7, 11) is 0. The van der Waals surface area contributed by atoms with Crippen molar-refractivity contribution in [1.82, 2.24) is 14.5 Å². The van der Waals surface area contributed by atoms with Gasteiger partial charge in [0.2, 0.25) is 0 Å². The van der Waals surface area contributed by atoms with Gasteiger partial charge in [-0.25, -0.2) is 4.98 Å². The van der Waals surface area contributed by atoms with Gasteiger partial charge in [0.15, 0.2) is 0 Å². The summed E-state index contributed by atoms with van der Waals surface area (Å²) in [6, 6.07) is 46.0. The Kier molecular flexibility index (Phi) is 9.32. The number of pyridine rings is 1. The SMILES string of the molecule is [2H]C([2H])([2H])C(c1ccc(-c2ccnc(-c3[c-]c(-c4cccc5c4nc(-c4ccccc4O)n5-c4ccc(C(C)(C)C)cc4-c4ccc(C(C)(C)C)cc4)cc(C(C)(C)C)c3)c2)cc1)(C([2H])([2H])[2H])C([2H])([2H])[2H].[Pt]. The minimum atomic E-state index is -3.37. The first-order chi connectivity index (χ1) is 32.9. The van der Waals surface area contributed by atoms with E-state index in [4.69, 9.17) is 22.3 Å². The van der Waals surface area contributed by atoms with Gasteiger partial charge in [-0.15, -0.1) is 29.3 Å². The van der Waals surface area contributed by atoms with E-state index in [1.807, 2.05) is 30.3 Å². The van der Waals surface area contributed by atoms with Crippen molar-refractivity contribution in [3.8, 4) is 67.5 Å². The zero-order valence-corrected chi connectivity index (χ0v) is 39.7. The second-order valence-electron chi connectivity index (χ2n) is 19.5. The van der Waals surface area contributed by atoms with Crippen molar-refractivity contribution < 1.29 is 38.5 Å². The number of fused-ring (bicyclic) bond motifs is 1. The molecule has 0 spiro atoms. The Bertz CT molecular complexity index is 3240. The summed E-state index contributed by atoms with van der Waals surface area (Å²) in [5.41, 5.74) is 8.81. The first kappa shape index (κ1) is 34.9. The fraction of sp³-hybridized carbons (Fsp3) is 0.276. The predicted molar refractivity (Wildman–Crippen MR) is 261 cm³/mol. The van der Waals surface area contributed by atoms with Crippen LogP contribution in [0.4, 0.5) is 0 Å². The maximum atomic E-state index is 11.5. The van der Waals surface area contributed by atoms with Gasteiger partial charge in [0.25, 0.3) is 0 Å². The largest absolute Gasteiger partial charge is 0.507 e. The van der Waals surface area contributed by atoms with Crippen LogP contribution in [0.3, 0.4) is 0 Å². The summed E-state index contributed by atoms with van der Waals surface area (Å²) < 4.78 is 75.8. The molecule has 0 aliphatic heterocycles. The van der Waals surface area contributed by atoms with E-state index < -0.39 is 26.0 Å². The van der Waals surface area contributed by atoms with Gasteiger partial charge >= 0.3 is 0 Å². The van der Waals surface area contributed by atoms with Gasteiger partial charge < -0.3 is 5.11 Å². The number of phenolic OH excluding ortho intramolecular Hbond substituents is 1. The average molecular weight is 1020 g/mol. The smallest absolute Gasteiger partial charge is 0.148 e. The molecule has 8 aromatic rings. The van der Waals surface area contributed by atoms with Crippen molar-refractivity contribution in [2.24, 2.45) is 0 Å². The molecule has 0 bridgehead atoms. The average Bonchev–Trinajstić information content (AvgIpc) is 3.66. The Hall–Kier alpha value is -5.57. The van der Waals surface area contributed by atoms with Gasteiger partial charge in [0, 0.05) is 50.9 Å². The van der Waals surface area contributed by atoms with Crippen LogP contribution in [0.25, 0.3) is 72.7 Å². The van der Waals surface area contributed by atoms with E-state index in [1.165, 1.54) is 23.3 Å². The van der Waals surface area contributed by atoms with Gasteiger partial charge in [-0.2, -0.15) is 0 Å². The molecule has 4 nitrogen and oxygen atoms in total. The number of aromatic nitrogens is 3. The van der Waals surface area contributed by atoms with E-state index in [-0.39, 0.29) is 48.6 Å². The fourth-order valence-corrected chi connectivity index (χ4v) is 7.94. The number of aromatic hydroxyl groups is 1. The molecular weight excluding hydrogens is 950 g/mol. The van der Waals surface area contributed by atoms with Gasteiger partial charge in [0.1, 0.15) is 11.6 Å². The van der Waals surface area contributed by atoms with Crippen LogP contribution in [-0.2, 0) is 42.7 Å². The molecule has 0 saturated heterocycles. The molecule has 8 rings (SSSR count). The minimum Gasteiger partial charge on any atom is -0.507 e. The molecule has 0 fully saturated rings. The molecule has 0 amide bonds. The summed E-state index contributed by atoms with van der Waals surface area (Å²) in [5.74, 6) is 0.673. The molecule has 2 aromatic heterocycles. The van der Waals surface area contributed by atoms with E-state index in [2.05, 4.69) is 134 Å². The minimum absolute atomic E-state index is 0. The third kappa shape index (κ3) is 9.25. The molecule has 1 N–H and O–H groups in total. The van der Waals surface area contributed by atoms with Crippen molar-refractivity contribution in [3.63, 3.8) is 0 Å². The fourth-order valence-electron chi connectivity index (χ4n) is 7.94. The number of para-hydroxylation sites is 2. The molecule has 0 aliphatic carbocycles. The number of imidazole rings is 1. The number of phenols is 1. The Morgan fingerprint density at radius 1 is 0.524 bits per heavy atom.